The highest BCUT2D eigenvalue weighted by Gasteiger charge is 2.45. The monoisotopic (exact) mass is 321 g/mol. The summed E-state index contributed by atoms with van der Waals surface area (Å²) in [5, 5.41) is 2.45. The van der Waals surface area contributed by atoms with Crippen molar-refractivity contribution in [1.82, 2.24) is 5.32 Å². The van der Waals surface area contributed by atoms with Crippen molar-refractivity contribution in [2.24, 2.45) is 0 Å². The molecule has 0 saturated heterocycles. The van der Waals surface area contributed by atoms with E-state index in [0.29, 0.717) is 12.8 Å². The number of nitrogens with one attached hydrogen (secondary N) is 1. The second kappa shape index (κ2) is 5.35. The molecule has 1 aromatic rings. The van der Waals surface area contributed by atoms with Gasteiger partial charge in [-0.25, -0.2) is 0 Å². The zero-order chi connectivity index (χ0) is 15.1. The van der Waals surface area contributed by atoms with E-state index < -0.39 is 26.8 Å². The fourth-order valence-electron chi connectivity index (χ4n) is 2.49. The quantitative estimate of drug-likeness (QED) is 0.527. The first kappa shape index (κ1) is 15.9. The molecule has 112 valence electrons. The lowest BCUT2D eigenvalue weighted by molar-refractivity contribution is 0.320. The van der Waals surface area contributed by atoms with Crippen molar-refractivity contribution >= 4 is 15.2 Å². The highest BCUT2D eigenvalue weighted by Crippen LogP contribution is 2.59. The van der Waals surface area contributed by atoms with Crippen LogP contribution >= 0.6 is 15.2 Å². The number of hydrogen-bond acceptors (Lipinski definition) is 3. The van der Waals surface area contributed by atoms with Crippen LogP contribution in [0.1, 0.15) is 29.2 Å². The molecule has 1 aliphatic carbocycles. The highest BCUT2D eigenvalue weighted by atomic mass is 31.2. The van der Waals surface area contributed by atoms with Crippen LogP contribution in [-0.2, 0) is 15.6 Å². The largest absolute Gasteiger partial charge is 0.354 e. The lowest BCUT2D eigenvalue weighted by Gasteiger charge is -2.25. The lowest BCUT2D eigenvalue weighted by Crippen LogP contribution is -2.31. The molecule has 9 heteroatoms. The number of rotatable bonds is 4. The minimum Gasteiger partial charge on any atom is -0.323 e. The predicted octanol–water partition coefficient (Wildman–Crippen LogP) is 1.21. The van der Waals surface area contributed by atoms with Gasteiger partial charge in [0, 0.05) is 6.04 Å². The fraction of sp³-hybridized carbons (Fsp3) is 0.455. The van der Waals surface area contributed by atoms with Crippen molar-refractivity contribution < 1.29 is 28.7 Å². The van der Waals surface area contributed by atoms with Gasteiger partial charge < -0.3 is 19.6 Å². The maximum atomic E-state index is 11.3. The second-order valence-electron chi connectivity index (χ2n) is 5.01. The van der Waals surface area contributed by atoms with E-state index in [1.807, 2.05) is 25.1 Å². The summed E-state index contributed by atoms with van der Waals surface area (Å²) in [6.45, 7) is 1.94. The van der Waals surface area contributed by atoms with Crippen molar-refractivity contribution in [3.63, 3.8) is 0 Å². The average Bonchev–Trinajstić information content (AvgIpc) is 2.64. The SMILES string of the molecule is Cc1ccc2c(c1)CCC2NC(P(=O)(O)O)P(=O)(O)O. The van der Waals surface area contributed by atoms with Crippen LogP contribution in [0.2, 0.25) is 0 Å². The minimum atomic E-state index is -4.95. The van der Waals surface area contributed by atoms with E-state index in [-0.39, 0.29) is 0 Å². The van der Waals surface area contributed by atoms with E-state index in [0.717, 1.165) is 16.7 Å². The second-order valence-corrected chi connectivity index (χ2v) is 8.81. The Morgan fingerprint density at radius 3 is 2.35 bits per heavy atom. The summed E-state index contributed by atoms with van der Waals surface area (Å²) in [6.07, 6.45) is 1.26. The number of fused-ring (bicyclic) bond motifs is 1. The van der Waals surface area contributed by atoms with Crippen LogP contribution in [0.25, 0.3) is 0 Å². The van der Waals surface area contributed by atoms with Crippen molar-refractivity contribution in [2.75, 3.05) is 0 Å². The van der Waals surface area contributed by atoms with Gasteiger partial charge >= 0.3 is 15.2 Å². The lowest BCUT2D eigenvalue weighted by atomic mass is 10.1. The summed E-state index contributed by atoms with van der Waals surface area (Å²) in [5.74, 6) is 0. The number of benzene rings is 1. The van der Waals surface area contributed by atoms with Gasteiger partial charge in [-0.2, -0.15) is 0 Å². The normalized spacial score (nSPS) is 19.4. The molecule has 1 unspecified atom stereocenters. The third-order valence-corrected chi connectivity index (χ3v) is 6.74. The Morgan fingerprint density at radius 1 is 1.20 bits per heavy atom. The van der Waals surface area contributed by atoms with Crippen molar-refractivity contribution in [1.29, 1.82) is 0 Å². The zero-order valence-electron chi connectivity index (χ0n) is 10.8. The van der Waals surface area contributed by atoms with Crippen LogP contribution in [-0.4, -0.2) is 25.1 Å². The molecule has 1 aromatic carbocycles. The molecule has 0 bridgehead atoms. The molecule has 1 atom stereocenters. The molecule has 0 spiro atoms. The highest BCUT2D eigenvalue weighted by molar-refractivity contribution is 7.70. The Balaban J connectivity index is 2.28. The molecule has 1 aliphatic rings. The van der Waals surface area contributed by atoms with E-state index in [2.05, 4.69) is 5.32 Å². The van der Waals surface area contributed by atoms with Crippen LogP contribution < -0.4 is 5.32 Å². The molecule has 20 heavy (non-hydrogen) atoms. The van der Waals surface area contributed by atoms with Crippen molar-refractivity contribution in [3.05, 3.63) is 34.9 Å². The van der Waals surface area contributed by atoms with E-state index in [1.165, 1.54) is 0 Å². The van der Waals surface area contributed by atoms with E-state index in [1.54, 1.807) is 0 Å². The van der Waals surface area contributed by atoms with Gasteiger partial charge in [-0.1, -0.05) is 23.8 Å². The Bertz CT molecular complexity index is 585. The van der Waals surface area contributed by atoms with Crippen LogP contribution in [0.3, 0.4) is 0 Å². The molecule has 7 nitrogen and oxygen atoms in total. The summed E-state index contributed by atoms with van der Waals surface area (Å²) in [6, 6.07) is 5.20. The molecule has 0 aliphatic heterocycles. The van der Waals surface area contributed by atoms with Gasteiger partial charge in [0.25, 0.3) is 0 Å². The first-order valence-electron chi connectivity index (χ1n) is 6.05. The topological polar surface area (TPSA) is 127 Å². The molecule has 0 radical (unpaired) electrons. The summed E-state index contributed by atoms with van der Waals surface area (Å²) in [5.41, 5.74) is 0.790. The van der Waals surface area contributed by atoms with Crippen molar-refractivity contribution in [3.8, 4) is 0 Å². The third kappa shape index (κ3) is 3.38. The first-order chi connectivity index (χ1) is 9.09. The van der Waals surface area contributed by atoms with Gasteiger partial charge in [0.15, 0.2) is 0 Å². The molecule has 2 rings (SSSR count). The molecule has 0 amide bonds. The Kier molecular flexibility index (Phi) is 4.24. The maximum Gasteiger partial charge on any atom is 0.354 e. The maximum absolute atomic E-state index is 11.3. The molecular formula is C11H17NO6P2. The molecule has 0 aromatic heterocycles. The van der Waals surface area contributed by atoms with Gasteiger partial charge in [-0.05, 0) is 30.9 Å². The van der Waals surface area contributed by atoms with Gasteiger partial charge in [0.1, 0.15) is 0 Å². The van der Waals surface area contributed by atoms with Crippen LogP contribution in [0.4, 0.5) is 0 Å². The number of aryl methyl sites for hydroxylation is 2. The van der Waals surface area contributed by atoms with Crippen LogP contribution in [0.15, 0.2) is 18.2 Å². The minimum absolute atomic E-state index is 0.462. The third-order valence-electron chi connectivity index (χ3n) is 3.36. The standard InChI is InChI=1S/C11H17NO6P2/c1-7-2-4-9-8(6-7)3-5-10(9)12-11(19(13,14)15)20(16,17)18/h2,4,6,10-12H,3,5H2,1H3,(H2,13,14,15)(H2,16,17,18). The van der Waals surface area contributed by atoms with Gasteiger partial charge in [0.05, 0.1) is 0 Å². The predicted molar refractivity (Wildman–Crippen MR) is 73.3 cm³/mol. The van der Waals surface area contributed by atoms with Crippen LogP contribution in [0, 0.1) is 6.92 Å². The molecule has 5 N–H and O–H groups in total. The summed E-state index contributed by atoms with van der Waals surface area (Å²) >= 11 is 0. The Hall–Kier alpha value is -0.520. The Labute approximate surface area is 116 Å². The zero-order valence-corrected chi connectivity index (χ0v) is 12.6. The van der Waals surface area contributed by atoms with E-state index in [4.69, 9.17) is 19.6 Å². The summed E-state index contributed by atoms with van der Waals surface area (Å²) < 4.78 is 22.5. The molecule has 0 heterocycles. The first-order valence-corrected chi connectivity index (χ1v) is 9.41. The molecule has 0 saturated carbocycles. The van der Waals surface area contributed by atoms with E-state index in [9.17, 15) is 9.13 Å². The van der Waals surface area contributed by atoms with E-state index >= 15 is 0 Å². The van der Waals surface area contributed by atoms with Crippen molar-refractivity contribution in [2.45, 2.75) is 31.3 Å². The van der Waals surface area contributed by atoms with Gasteiger partial charge in [-0.3, -0.25) is 14.4 Å². The summed E-state index contributed by atoms with van der Waals surface area (Å²) in [7, 11) is -9.89. The summed E-state index contributed by atoms with van der Waals surface area (Å²) in [4.78, 5) is 36.5. The number of hydrogen-bond donors (Lipinski definition) is 5. The molecule has 0 fully saturated rings. The molecular weight excluding hydrogens is 304 g/mol. The smallest absolute Gasteiger partial charge is 0.323 e. The van der Waals surface area contributed by atoms with Gasteiger partial charge in [-0.15, -0.1) is 0 Å². The average molecular weight is 321 g/mol. The van der Waals surface area contributed by atoms with Gasteiger partial charge in [0.2, 0.25) is 5.52 Å². The van der Waals surface area contributed by atoms with Crippen LogP contribution in [0.5, 0.6) is 0 Å². The Morgan fingerprint density at radius 2 is 1.80 bits per heavy atom. The fourth-order valence-corrected chi connectivity index (χ4v) is 4.81.